The van der Waals surface area contributed by atoms with E-state index in [1.807, 2.05) is 19.1 Å². The van der Waals surface area contributed by atoms with Crippen molar-refractivity contribution in [2.24, 2.45) is 5.92 Å². The standard InChI is InChI=1S/C23H26N2O6/c1-15-5-8-19(29-2)17(12-15)7-6-16-9-11-25(14-18-4-3-10-24-20(18)26)23(13-16)30-21(27)22(28)31-23/h3-5,8,10,12,16H,6-7,9,11,13-14H2,1-2H3,(H,24,26). The van der Waals surface area contributed by atoms with Crippen LogP contribution in [0.15, 0.2) is 41.3 Å². The van der Waals surface area contributed by atoms with Crippen LogP contribution in [0.5, 0.6) is 5.75 Å². The number of nitrogens with zero attached hydrogens (tertiary/aromatic N) is 1. The number of rotatable bonds is 6. The minimum atomic E-state index is -1.46. The lowest BCUT2D eigenvalue weighted by Crippen LogP contribution is -2.55. The molecule has 1 N–H and O–H groups in total. The Morgan fingerprint density at radius 1 is 1.16 bits per heavy atom. The van der Waals surface area contributed by atoms with Gasteiger partial charge in [0.05, 0.1) is 7.11 Å². The van der Waals surface area contributed by atoms with Crippen LogP contribution in [-0.2, 0) is 32.0 Å². The quantitative estimate of drug-likeness (QED) is 0.559. The predicted molar refractivity (Wildman–Crippen MR) is 111 cm³/mol. The smallest absolute Gasteiger partial charge is 0.421 e. The molecule has 0 amide bonds. The zero-order valence-electron chi connectivity index (χ0n) is 17.7. The molecule has 164 valence electrons. The van der Waals surface area contributed by atoms with Crippen LogP contribution in [0.2, 0.25) is 0 Å². The maximum Gasteiger partial charge on any atom is 0.421 e. The van der Waals surface area contributed by atoms with Crippen molar-refractivity contribution in [2.75, 3.05) is 13.7 Å². The Kier molecular flexibility index (Phi) is 5.82. The number of hydrogen-bond acceptors (Lipinski definition) is 7. The monoisotopic (exact) mass is 426 g/mol. The summed E-state index contributed by atoms with van der Waals surface area (Å²) in [4.78, 5) is 40.4. The normalized spacial score (nSPS) is 20.5. The first-order valence-electron chi connectivity index (χ1n) is 10.4. The van der Waals surface area contributed by atoms with E-state index in [1.165, 1.54) is 0 Å². The summed E-state index contributed by atoms with van der Waals surface area (Å²) in [6.45, 7) is 2.79. The van der Waals surface area contributed by atoms with Crippen LogP contribution in [0.4, 0.5) is 0 Å². The molecular formula is C23H26N2O6. The van der Waals surface area contributed by atoms with E-state index in [4.69, 9.17) is 14.2 Å². The van der Waals surface area contributed by atoms with Crippen LogP contribution in [0.1, 0.15) is 36.0 Å². The van der Waals surface area contributed by atoms with E-state index in [-0.39, 0.29) is 18.0 Å². The van der Waals surface area contributed by atoms with Crippen molar-refractivity contribution in [2.45, 2.75) is 45.1 Å². The summed E-state index contributed by atoms with van der Waals surface area (Å²) in [7, 11) is 1.66. The molecule has 8 heteroatoms. The van der Waals surface area contributed by atoms with Crippen molar-refractivity contribution in [3.05, 3.63) is 63.6 Å². The van der Waals surface area contributed by atoms with Gasteiger partial charge in [-0.1, -0.05) is 23.8 Å². The molecular weight excluding hydrogens is 400 g/mol. The van der Waals surface area contributed by atoms with Gasteiger partial charge in [-0.25, -0.2) is 14.5 Å². The Hall–Kier alpha value is -3.13. The van der Waals surface area contributed by atoms with Gasteiger partial charge in [0.1, 0.15) is 5.75 Å². The summed E-state index contributed by atoms with van der Waals surface area (Å²) in [6, 6.07) is 9.53. The first-order chi connectivity index (χ1) is 14.9. The molecule has 1 aromatic heterocycles. The first-order valence-corrected chi connectivity index (χ1v) is 10.4. The molecule has 1 atom stereocenters. The number of ether oxygens (including phenoxy) is 3. The van der Waals surface area contributed by atoms with Crippen LogP contribution in [-0.4, -0.2) is 41.4 Å². The highest BCUT2D eigenvalue weighted by atomic mass is 16.8. The number of aromatic amines is 1. The van der Waals surface area contributed by atoms with Crippen molar-refractivity contribution >= 4 is 11.9 Å². The molecule has 2 aromatic rings. The summed E-state index contributed by atoms with van der Waals surface area (Å²) in [5, 5.41) is 0. The van der Waals surface area contributed by atoms with Crippen LogP contribution >= 0.6 is 0 Å². The lowest BCUT2D eigenvalue weighted by Gasteiger charge is -2.43. The molecule has 4 rings (SSSR count). The molecule has 2 aliphatic rings. The van der Waals surface area contributed by atoms with Crippen molar-refractivity contribution in [3.8, 4) is 5.75 Å². The highest BCUT2D eigenvalue weighted by Crippen LogP contribution is 2.40. The molecule has 3 heterocycles. The van der Waals surface area contributed by atoms with Crippen LogP contribution in [0, 0.1) is 12.8 Å². The number of nitrogens with one attached hydrogen (secondary N) is 1. The minimum absolute atomic E-state index is 0.175. The Bertz CT molecular complexity index is 1030. The molecule has 1 spiro atoms. The highest BCUT2D eigenvalue weighted by Gasteiger charge is 2.55. The number of benzene rings is 1. The zero-order chi connectivity index (χ0) is 22.0. The average molecular weight is 426 g/mol. The summed E-state index contributed by atoms with van der Waals surface area (Å²) in [5.74, 6) is -2.43. The van der Waals surface area contributed by atoms with Crippen LogP contribution < -0.4 is 10.3 Å². The first kappa shape index (κ1) is 21.1. The van der Waals surface area contributed by atoms with E-state index in [0.29, 0.717) is 18.5 Å². The number of carbonyl (C=O) groups is 2. The molecule has 2 saturated heterocycles. The zero-order valence-corrected chi connectivity index (χ0v) is 17.7. The van der Waals surface area contributed by atoms with Gasteiger partial charge in [0.2, 0.25) is 0 Å². The van der Waals surface area contributed by atoms with Gasteiger partial charge in [0.25, 0.3) is 5.56 Å². The molecule has 8 nitrogen and oxygen atoms in total. The topological polar surface area (TPSA) is 97.9 Å². The lowest BCUT2D eigenvalue weighted by molar-refractivity contribution is -0.274. The van der Waals surface area contributed by atoms with E-state index in [2.05, 4.69) is 11.1 Å². The maximum absolute atomic E-state index is 12.1. The predicted octanol–water partition coefficient (Wildman–Crippen LogP) is 2.29. The third-order valence-corrected chi connectivity index (χ3v) is 6.03. The molecule has 2 fully saturated rings. The summed E-state index contributed by atoms with van der Waals surface area (Å²) < 4.78 is 16.4. The van der Waals surface area contributed by atoms with Crippen molar-refractivity contribution in [1.82, 2.24) is 9.88 Å². The molecule has 0 bridgehead atoms. The average Bonchev–Trinajstić information content (AvgIpc) is 3.03. The lowest BCUT2D eigenvalue weighted by atomic mass is 9.87. The Balaban J connectivity index is 1.51. The Labute approximate surface area is 180 Å². The number of esters is 2. The van der Waals surface area contributed by atoms with Gasteiger partial charge < -0.3 is 19.2 Å². The second-order valence-corrected chi connectivity index (χ2v) is 8.15. The fraction of sp³-hybridized carbons (Fsp3) is 0.435. The van der Waals surface area contributed by atoms with Crippen molar-refractivity contribution < 1.29 is 23.8 Å². The second kappa shape index (κ2) is 8.55. The number of aryl methyl sites for hydroxylation is 2. The number of pyridine rings is 1. The largest absolute Gasteiger partial charge is 0.496 e. The molecule has 31 heavy (non-hydrogen) atoms. The fourth-order valence-electron chi connectivity index (χ4n) is 4.41. The van der Waals surface area contributed by atoms with Gasteiger partial charge in [-0.2, -0.15) is 0 Å². The molecule has 1 unspecified atom stereocenters. The molecule has 1 aromatic carbocycles. The number of piperidine rings is 1. The molecule has 0 aliphatic carbocycles. The van der Waals surface area contributed by atoms with E-state index in [1.54, 1.807) is 30.3 Å². The van der Waals surface area contributed by atoms with Gasteiger partial charge in [-0.05, 0) is 49.8 Å². The number of carbonyl (C=O) groups excluding carboxylic acids is 2. The summed E-state index contributed by atoms with van der Waals surface area (Å²) in [5.41, 5.74) is 2.58. The Morgan fingerprint density at radius 2 is 1.94 bits per heavy atom. The van der Waals surface area contributed by atoms with E-state index in [0.717, 1.165) is 36.1 Å². The Morgan fingerprint density at radius 3 is 2.65 bits per heavy atom. The second-order valence-electron chi connectivity index (χ2n) is 8.15. The maximum atomic E-state index is 12.1. The molecule has 0 saturated carbocycles. The van der Waals surface area contributed by atoms with E-state index < -0.39 is 17.8 Å². The van der Waals surface area contributed by atoms with E-state index >= 15 is 0 Å². The van der Waals surface area contributed by atoms with Gasteiger partial charge >= 0.3 is 17.8 Å². The number of methoxy groups -OCH3 is 1. The summed E-state index contributed by atoms with van der Waals surface area (Å²) >= 11 is 0. The van der Waals surface area contributed by atoms with Crippen LogP contribution in [0.3, 0.4) is 0 Å². The number of hydrogen-bond donors (Lipinski definition) is 1. The number of likely N-dealkylation sites (tertiary alicyclic amines) is 1. The van der Waals surface area contributed by atoms with Crippen LogP contribution in [0.25, 0.3) is 0 Å². The van der Waals surface area contributed by atoms with Gasteiger partial charge in [0, 0.05) is 31.3 Å². The molecule has 2 aliphatic heterocycles. The minimum Gasteiger partial charge on any atom is -0.496 e. The third kappa shape index (κ3) is 4.34. The van der Waals surface area contributed by atoms with Crippen molar-refractivity contribution in [1.29, 1.82) is 0 Å². The number of H-pyrrole nitrogens is 1. The van der Waals surface area contributed by atoms with Gasteiger partial charge in [-0.15, -0.1) is 0 Å². The van der Waals surface area contributed by atoms with Gasteiger partial charge in [0.15, 0.2) is 0 Å². The number of aromatic nitrogens is 1. The van der Waals surface area contributed by atoms with Gasteiger partial charge in [-0.3, -0.25) is 4.79 Å². The molecule has 0 radical (unpaired) electrons. The van der Waals surface area contributed by atoms with E-state index in [9.17, 15) is 14.4 Å². The SMILES string of the molecule is COc1ccc(C)cc1CCC1CCN(Cc2ccc[nH]c2=O)C2(C1)OC(=O)C(=O)O2. The fourth-order valence-corrected chi connectivity index (χ4v) is 4.41. The van der Waals surface area contributed by atoms with Crippen molar-refractivity contribution in [3.63, 3.8) is 0 Å². The summed E-state index contributed by atoms with van der Waals surface area (Å²) in [6.07, 6.45) is 4.38. The highest BCUT2D eigenvalue weighted by molar-refractivity contribution is 6.31. The third-order valence-electron chi connectivity index (χ3n) is 6.03.